The summed E-state index contributed by atoms with van der Waals surface area (Å²) in [6, 6.07) is 3.93. The number of anilines is 1. The third kappa shape index (κ3) is 2.44. The molecule has 0 aliphatic rings. The smallest absolute Gasteiger partial charge is 0.180 e. The number of nitrogens with zero attached hydrogens (tertiary/aromatic N) is 3. The fraction of sp³-hybridized carbons (Fsp3) is 0.250. The molecule has 0 saturated carbocycles. The van der Waals surface area contributed by atoms with Crippen molar-refractivity contribution in [1.29, 1.82) is 0 Å². The molecule has 0 radical (unpaired) electrons. The Morgan fingerprint density at radius 1 is 1.18 bits per heavy atom. The van der Waals surface area contributed by atoms with E-state index in [1.54, 1.807) is 0 Å². The second-order valence-electron chi connectivity index (χ2n) is 3.77. The van der Waals surface area contributed by atoms with Crippen molar-refractivity contribution in [2.24, 2.45) is 0 Å². The Balaban J connectivity index is 2.52. The lowest BCUT2D eigenvalue weighted by molar-refractivity contribution is 1.07. The highest BCUT2D eigenvalue weighted by atomic mass is 79.9. The largest absolute Gasteiger partial charge is 0.372 e. The molecule has 0 bridgehead atoms. The first-order valence-electron chi connectivity index (χ1n) is 5.26. The van der Waals surface area contributed by atoms with Crippen LogP contribution in [0.4, 0.5) is 5.82 Å². The molecule has 88 valence electrons. The van der Waals surface area contributed by atoms with Gasteiger partial charge in [0, 0.05) is 13.2 Å². The van der Waals surface area contributed by atoms with E-state index in [2.05, 4.69) is 36.2 Å². The van der Waals surface area contributed by atoms with E-state index in [0.717, 1.165) is 27.2 Å². The molecule has 0 amide bonds. The van der Waals surface area contributed by atoms with Gasteiger partial charge < -0.3 is 5.32 Å². The van der Waals surface area contributed by atoms with Crippen molar-refractivity contribution >= 4 is 21.7 Å². The quantitative estimate of drug-likeness (QED) is 0.925. The minimum atomic E-state index is 0.634. The summed E-state index contributed by atoms with van der Waals surface area (Å²) >= 11 is 3.45. The minimum absolute atomic E-state index is 0.634. The summed E-state index contributed by atoms with van der Waals surface area (Å²) < 4.78 is 0.885. The van der Waals surface area contributed by atoms with Crippen molar-refractivity contribution in [2.75, 3.05) is 12.4 Å². The van der Waals surface area contributed by atoms with Crippen LogP contribution >= 0.6 is 15.9 Å². The maximum Gasteiger partial charge on any atom is 0.180 e. The molecule has 0 atom stereocenters. The van der Waals surface area contributed by atoms with E-state index < -0.39 is 0 Å². The van der Waals surface area contributed by atoms with Gasteiger partial charge in [0.2, 0.25) is 0 Å². The van der Waals surface area contributed by atoms with Crippen LogP contribution in [0.3, 0.4) is 0 Å². The lowest BCUT2D eigenvalue weighted by atomic mass is 10.2. The predicted octanol–water partition coefficient (Wildman–Crippen LogP) is 2.96. The summed E-state index contributed by atoms with van der Waals surface area (Å²) in [5.41, 5.74) is 2.79. The van der Waals surface area contributed by atoms with Gasteiger partial charge in [-0.2, -0.15) is 0 Å². The van der Waals surface area contributed by atoms with Crippen molar-refractivity contribution < 1.29 is 0 Å². The Kier molecular flexibility index (Phi) is 3.38. The number of hydrogen-bond donors (Lipinski definition) is 1. The summed E-state index contributed by atoms with van der Waals surface area (Å²) in [5, 5.41) is 3.03. The lowest BCUT2D eigenvalue weighted by Crippen LogP contribution is -2.01. The molecule has 0 saturated heterocycles. The molecule has 0 aromatic carbocycles. The maximum atomic E-state index is 4.42. The lowest BCUT2D eigenvalue weighted by Gasteiger charge is -2.08. The number of aromatic nitrogens is 3. The topological polar surface area (TPSA) is 50.7 Å². The first-order valence-corrected chi connectivity index (χ1v) is 6.06. The Morgan fingerprint density at radius 2 is 1.94 bits per heavy atom. The monoisotopic (exact) mass is 292 g/mol. The standard InChI is InChI=1S/C12H13BrN4/c1-7-4-5-9(15-6-7)11-16-8(2)10(13)12(14-3)17-11/h4-6H,1-3H3,(H,14,16,17). The first kappa shape index (κ1) is 12.0. The third-order valence-electron chi connectivity index (χ3n) is 2.39. The van der Waals surface area contributed by atoms with Gasteiger partial charge in [0.15, 0.2) is 5.82 Å². The SMILES string of the molecule is CNc1nc(-c2ccc(C)cn2)nc(C)c1Br. The zero-order chi connectivity index (χ0) is 12.4. The van der Waals surface area contributed by atoms with Gasteiger partial charge in [-0.3, -0.25) is 4.98 Å². The van der Waals surface area contributed by atoms with E-state index in [1.165, 1.54) is 0 Å². The van der Waals surface area contributed by atoms with E-state index in [1.807, 2.05) is 39.2 Å². The molecule has 5 heteroatoms. The Morgan fingerprint density at radius 3 is 2.53 bits per heavy atom. The van der Waals surface area contributed by atoms with Crippen LogP contribution in [0.5, 0.6) is 0 Å². The zero-order valence-electron chi connectivity index (χ0n) is 9.95. The molecule has 2 aromatic heterocycles. The molecule has 4 nitrogen and oxygen atoms in total. The Labute approximate surface area is 109 Å². The number of pyridine rings is 1. The van der Waals surface area contributed by atoms with Crippen LogP contribution in [0, 0.1) is 13.8 Å². The van der Waals surface area contributed by atoms with Gasteiger partial charge in [-0.15, -0.1) is 0 Å². The predicted molar refractivity (Wildman–Crippen MR) is 72.0 cm³/mol. The van der Waals surface area contributed by atoms with Crippen LogP contribution < -0.4 is 5.32 Å². The van der Waals surface area contributed by atoms with Crippen molar-refractivity contribution in [2.45, 2.75) is 13.8 Å². The third-order valence-corrected chi connectivity index (χ3v) is 3.34. The van der Waals surface area contributed by atoms with E-state index in [4.69, 9.17) is 0 Å². The van der Waals surface area contributed by atoms with Crippen LogP contribution in [0.1, 0.15) is 11.3 Å². The number of rotatable bonds is 2. The molecule has 2 aromatic rings. The molecule has 2 heterocycles. The number of nitrogens with one attached hydrogen (secondary N) is 1. The number of hydrogen-bond acceptors (Lipinski definition) is 4. The summed E-state index contributed by atoms with van der Waals surface area (Å²) in [6.07, 6.45) is 1.81. The van der Waals surface area contributed by atoms with Crippen LogP contribution in [0.15, 0.2) is 22.8 Å². The highest BCUT2D eigenvalue weighted by molar-refractivity contribution is 9.10. The highest BCUT2D eigenvalue weighted by Gasteiger charge is 2.10. The fourth-order valence-electron chi connectivity index (χ4n) is 1.44. The first-order chi connectivity index (χ1) is 8.11. The summed E-state index contributed by atoms with van der Waals surface area (Å²) in [6.45, 7) is 3.94. The molecule has 17 heavy (non-hydrogen) atoms. The number of halogens is 1. The Hall–Kier alpha value is -1.49. The van der Waals surface area contributed by atoms with E-state index in [0.29, 0.717) is 5.82 Å². The van der Waals surface area contributed by atoms with Gasteiger partial charge in [-0.05, 0) is 41.4 Å². The molecule has 2 rings (SSSR count). The van der Waals surface area contributed by atoms with Crippen LogP contribution in [-0.2, 0) is 0 Å². The van der Waals surface area contributed by atoms with Crippen molar-refractivity contribution in [1.82, 2.24) is 15.0 Å². The van der Waals surface area contributed by atoms with Gasteiger partial charge in [0.05, 0.1) is 10.2 Å². The molecule has 0 spiro atoms. The van der Waals surface area contributed by atoms with Crippen LogP contribution in [-0.4, -0.2) is 22.0 Å². The normalized spacial score (nSPS) is 10.4. The van der Waals surface area contributed by atoms with Crippen molar-refractivity contribution in [3.63, 3.8) is 0 Å². The average Bonchev–Trinajstić information content (AvgIpc) is 2.33. The second kappa shape index (κ2) is 4.79. The molecule has 0 aliphatic carbocycles. The van der Waals surface area contributed by atoms with Crippen LogP contribution in [0.2, 0.25) is 0 Å². The van der Waals surface area contributed by atoms with Gasteiger partial charge in [0.25, 0.3) is 0 Å². The minimum Gasteiger partial charge on any atom is -0.372 e. The molecular weight excluding hydrogens is 280 g/mol. The van der Waals surface area contributed by atoms with E-state index in [-0.39, 0.29) is 0 Å². The van der Waals surface area contributed by atoms with Gasteiger partial charge in [-0.1, -0.05) is 6.07 Å². The maximum absolute atomic E-state index is 4.42. The van der Waals surface area contributed by atoms with Gasteiger partial charge in [0.1, 0.15) is 11.5 Å². The Bertz CT molecular complexity index is 537. The van der Waals surface area contributed by atoms with Gasteiger partial charge in [-0.25, -0.2) is 9.97 Å². The molecule has 0 fully saturated rings. The summed E-state index contributed by atoms with van der Waals surface area (Å²) in [4.78, 5) is 13.2. The average molecular weight is 293 g/mol. The van der Waals surface area contributed by atoms with Crippen LogP contribution in [0.25, 0.3) is 11.5 Å². The van der Waals surface area contributed by atoms with E-state index >= 15 is 0 Å². The number of aryl methyl sites for hydroxylation is 2. The van der Waals surface area contributed by atoms with Crippen molar-refractivity contribution in [3.05, 3.63) is 34.1 Å². The van der Waals surface area contributed by atoms with Gasteiger partial charge >= 0.3 is 0 Å². The van der Waals surface area contributed by atoms with Crippen molar-refractivity contribution in [3.8, 4) is 11.5 Å². The molecule has 0 unspecified atom stereocenters. The zero-order valence-corrected chi connectivity index (χ0v) is 11.5. The molecule has 1 N–H and O–H groups in total. The van der Waals surface area contributed by atoms with E-state index in [9.17, 15) is 0 Å². The molecular formula is C12H13BrN4. The summed E-state index contributed by atoms with van der Waals surface area (Å²) in [5.74, 6) is 1.41. The molecule has 0 aliphatic heterocycles. The fourth-order valence-corrected chi connectivity index (χ4v) is 1.82. The highest BCUT2D eigenvalue weighted by Crippen LogP contribution is 2.25. The summed E-state index contributed by atoms with van der Waals surface area (Å²) in [7, 11) is 1.83. The second-order valence-corrected chi connectivity index (χ2v) is 4.56.